The predicted molar refractivity (Wildman–Crippen MR) is 61.3 cm³/mol. The van der Waals surface area contributed by atoms with Gasteiger partial charge in [0.1, 0.15) is 5.75 Å². The lowest BCUT2D eigenvalue weighted by molar-refractivity contribution is -0.139. The molecule has 1 unspecified atom stereocenters. The van der Waals surface area contributed by atoms with Gasteiger partial charge >= 0.3 is 5.97 Å². The Bertz CT molecular complexity index is 363. The Kier molecular flexibility index (Phi) is 4.31. The number of hydrogen-bond acceptors (Lipinski definition) is 3. The Balaban J connectivity index is 2.87. The van der Waals surface area contributed by atoms with Crippen molar-refractivity contribution in [3.8, 4) is 5.75 Å². The summed E-state index contributed by atoms with van der Waals surface area (Å²) in [6, 6.07) is 7.12. The molecule has 1 atom stereocenters. The standard InChI is InChI=1S/C12H17NO3/c1-8(2)12(13)9-5-3-4-6-10(9)16-7-11(14)15/h3-6,8,12H,7,13H2,1-2H3,(H,14,15). The van der Waals surface area contributed by atoms with Gasteiger partial charge in [-0.15, -0.1) is 0 Å². The fourth-order valence-corrected chi connectivity index (χ4v) is 1.39. The molecule has 0 radical (unpaired) electrons. The number of nitrogens with two attached hydrogens (primary N) is 1. The largest absolute Gasteiger partial charge is 0.482 e. The summed E-state index contributed by atoms with van der Waals surface area (Å²) in [5.41, 5.74) is 6.86. The Morgan fingerprint density at radius 1 is 1.44 bits per heavy atom. The Hall–Kier alpha value is -1.55. The van der Waals surface area contributed by atoms with Crippen molar-refractivity contribution in [2.45, 2.75) is 19.9 Å². The van der Waals surface area contributed by atoms with E-state index in [0.717, 1.165) is 5.56 Å². The van der Waals surface area contributed by atoms with Gasteiger partial charge in [-0.25, -0.2) is 4.79 Å². The van der Waals surface area contributed by atoms with Crippen LogP contribution in [0.2, 0.25) is 0 Å². The van der Waals surface area contributed by atoms with Crippen molar-refractivity contribution in [3.05, 3.63) is 29.8 Å². The van der Waals surface area contributed by atoms with Gasteiger partial charge in [0.15, 0.2) is 6.61 Å². The lowest BCUT2D eigenvalue weighted by Gasteiger charge is -2.19. The molecule has 88 valence electrons. The molecule has 1 aromatic rings. The van der Waals surface area contributed by atoms with Crippen molar-refractivity contribution in [1.29, 1.82) is 0 Å². The number of carbonyl (C=O) groups is 1. The molecule has 1 rings (SSSR count). The lowest BCUT2D eigenvalue weighted by atomic mass is 9.96. The number of carboxylic acids is 1. The molecular formula is C12H17NO3. The molecule has 0 aliphatic carbocycles. The summed E-state index contributed by atoms with van der Waals surface area (Å²) < 4.78 is 5.19. The first-order valence-corrected chi connectivity index (χ1v) is 5.21. The van der Waals surface area contributed by atoms with Crippen LogP contribution in [0.5, 0.6) is 5.75 Å². The van der Waals surface area contributed by atoms with E-state index in [2.05, 4.69) is 0 Å². The Morgan fingerprint density at radius 2 is 2.06 bits per heavy atom. The summed E-state index contributed by atoms with van der Waals surface area (Å²) in [6.45, 7) is 3.68. The molecule has 0 aliphatic heterocycles. The minimum Gasteiger partial charge on any atom is -0.482 e. The van der Waals surface area contributed by atoms with E-state index >= 15 is 0 Å². The van der Waals surface area contributed by atoms with E-state index in [1.165, 1.54) is 0 Å². The highest BCUT2D eigenvalue weighted by Gasteiger charge is 2.15. The van der Waals surface area contributed by atoms with E-state index in [0.29, 0.717) is 5.75 Å². The van der Waals surface area contributed by atoms with E-state index in [1.54, 1.807) is 12.1 Å². The van der Waals surface area contributed by atoms with Crippen LogP contribution in [0, 0.1) is 5.92 Å². The second-order valence-corrected chi connectivity index (χ2v) is 3.99. The second kappa shape index (κ2) is 5.51. The van der Waals surface area contributed by atoms with Crippen LogP contribution in [0.15, 0.2) is 24.3 Å². The molecule has 0 amide bonds. The van der Waals surface area contributed by atoms with Crippen LogP contribution in [-0.2, 0) is 4.79 Å². The van der Waals surface area contributed by atoms with Gasteiger partial charge in [-0.2, -0.15) is 0 Å². The summed E-state index contributed by atoms with van der Waals surface area (Å²) in [5.74, 6) is -0.173. The zero-order valence-electron chi connectivity index (χ0n) is 9.51. The van der Waals surface area contributed by atoms with Crippen molar-refractivity contribution in [2.24, 2.45) is 11.7 Å². The maximum Gasteiger partial charge on any atom is 0.341 e. The first-order chi connectivity index (χ1) is 7.52. The third-order valence-corrected chi connectivity index (χ3v) is 2.35. The molecule has 0 spiro atoms. The predicted octanol–water partition coefficient (Wildman–Crippen LogP) is 1.81. The minimum absolute atomic E-state index is 0.148. The molecule has 0 aliphatic rings. The van der Waals surface area contributed by atoms with Gasteiger partial charge in [-0.3, -0.25) is 0 Å². The van der Waals surface area contributed by atoms with Crippen LogP contribution in [0.4, 0.5) is 0 Å². The number of para-hydroxylation sites is 1. The minimum atomic E-state index is -0.993. The van der Waals surface area contributed by atoms with Crippen LogP contribution < -0.4 is 10.5 Å². The van der Waals surface area contributed by atoms with Gasteiger partial charge in [-0.1, -0.05) is 32.0 Å². The Labute approximate surface area is 95.0 Å². The van der Waals surface area contributed by atoms with Crippen LogP contribution in [-0.4, -0.2) is 17.7 Å². The van der Waals surface area contributed by atoms with Crippen molar-refractivity contribution in [2.75, 3.05) is 6.61 Å². The summed E-state index contributed by atoms with van der Waals surface area (Å²) in [6.07, 6.45) is 0. The highest BCUT2D eigenvalue weighted by Crippen LogP contribution is 2.27. The molecule has 0 bridgehead atoms. The van der Waals surface area contributed by atoms with Gasteiger partial charge in [0, 0.05) is 11.6 Å². The molecule has 1 aromatic carbocycles. The van der Waals surface area contributed by atoms with Gasteiger partial charge in [-0.05, 0) is 12.0 Å². The summed E-state index contributed by atoms with van der Waals surface area (Å²) in [4.78, 5) is 10.4. The molecule has 0 aromatic heterocycles. The van der Waals surface area contributed by atoms with Crippen molar-refractivity contribution in [3.63, 3.8) is 0 Å². The van der Waals surface area contributed by atoms with E-state index in [-0.39, 0.29) is 18.6 Å². The number of benzene rings is 1. The third-order valence-electron chi connectivity index (χ3n) is 2.35. The van der Waals surface area contributed by atoms with E-state index in [9.17, 15) is 4.79 Å². The highest BCUT2D eigenvalue weighted by atomic mass is 16.5. The summed E-state index contributed by atoms with van der Waals surface area (Å²) in [5, 5.41) is 8.56. The topological polar surface area (TPSA) is 72.5 Å². The average Bonchev–Trinajstić information content (AvgIpc) is 2.25. The number of carboxylic acid groups (broad SMARTS) is 1. The Morgan fingerprint density at radius 3 is 2.62 bits per heavy atom. The van der Waals surface area contributed by atoms with E-state index in [4.69, 9.17) is 15.6 Å². The van der Waals surface area contributed by atoms with Crippen LogP contribution in [0.25, 0.3) is 0 Å². The number of aliphatic carboxylic acids is 1. The zero-order valence-corrected chi connectivity index (χ0v) is 9.51. The quantitative estimate of drug-likeness (QED) is 0.798. The maximum absolute atomic E-state index is 10.4. The summed E-state index contributed by atoms with van der Waals surface area (Å²) in [7, 11) is 0. The molecule has 0 heterocycles. The molecule has 16 heavy (non-hydrogen) atoms. The van der Waals surface area contributed by atoms with Gasteiger partial charge in [0.2, 0.25) is 0 Å². The fraction of sp³-hybridized carbons (Fsp3) is 0.417. The first-order valence-electron chi connectivity index (χ1n) is 5.21. The number of rotatable bonds is 5. The average molecular weight is 223 g/mol. The van der Waals surface area contributed by atoms with Gasteiger partial charge in [0.25, 0.3) is 0 Å². The lowest BCUT2D eigenvalue weighted by Crippen LogP contribution is -2.19. The first kappa shape index (κ1) is 12.5. The van der Waals surface area contributed by atoms with Gasteiger partial charge in [0.05, 0.1) is 0 Å². The third kappa shape index (κ3) is 3.24. The van der Waals surface area contributed by atoms with E-state index in [1.807, 2.05) is 26.0 Å². The van der Waals surface area contributed by atoms with Crippen LogP contribution >= 0.6 is 0 Å². The number of hydrogen-bond donors (Lipinski definition) is 2. The van der Waals surface area contributed by atoms with E-state index < -0.39 is 5.97 Å². The molecule has 0 saturated heterocycles. The van der Waals surface area contributed by atoms with Crippen LogP contribution in [0.3, 0.4) is 0 Å². The molecule has 3 N–H and O–H groups in total. The zero-order chi connectivity index (χ0) is 12.1. The second-order valence-electron chi connectivity index (χ2n) is 3.99. The van der Waals surface area contributed by atoms with Crippen molar-refractivity contribution < 1.29 is 14.6 Å². The monoisotopic (exact) mass is 223 g/mol. The molecule has 4 nitrogen and oxygen atoms in total. The van der Waals surface area contributed by atoms with Crippen molar-refractivity contribution >= 4 is 5.97 Å². The molecule has 0 saturated carbocycles. The SMILES string of the molecule is CC(C)C(N)c1ccccc1OCC(=O)O. The fourth-order valence-electron chi connectivity index (χ4n) is 1.39. The number of ether oxygens (including phenoxy) is 1. The highest BCUT2D eigenvalue weighted by molar-refractivity contribution is 5.68. The van der Waals surface area contributed by atoms with Crippen molar-refractivity contribution in [1.82, 2.24) is 0 Å². The normalized spacial score (nSPS) is 12.5. The molecular weight excluding hydrogens is 206 g/mol. The van der Waals surface area contributed by atoms with Gasteiger partial charge < -0.3 is 15.6 Å². The molecule has 4 heteroatoms. The summed E-state index contributed by atoms with van der Waals surface area (Å²) >= 11 is 0. The molecule has 0 fully saturated rings. The van der Waals surface area contributed by atoms with Crippen LogP contribution in [0.1, 0.15) is 25.5 Å². The smallest absolute Gasteiger partial charge is 0.341 e. The maximum atomic E-state index is 10.4.